The Kier molecular flexibility index (Phi) is 11.2. The van der Waals surface area contributed by atoms with Crippen LogP contribution in [-0.2, 0) is 26.2 Å². The highest BCUT2D eigenvalue weighted by atomic mass is 35.5. The van der Waals surface area contributed by atoms with Gasteiger partial charge in [0.05, 0.1) is 29.8 Å². The summed E-state index contributed by atoms with van der Waals surface area (Å²) >= 11 is 6.38. The van der Waals surface area contributed by atoms with Crippen molar-refractivity contribution >= 4 is 39.1 Å². The van der Waals surface area contributed by atoms with Crippen molar-refractivity contribution in [1.82, 2.24) is 10.2 Å². The van der Waals surface area contributed by atoms with Crippen LogP contribution in [0.1, 0.15) is 38.3 Å². The van der Waals surface area contributed by atoms with Crippen molar-refractivity contribution in [2.75, 3.05) is 25.1 Å². The average Bonchev–Trinajstić information content (AvgIpc) is 2.95. The van der Waals surface area contributed by atoms with Crippen molar-refractivity contribution in [2.24, 2.45) is 0 Å². The Morgan fingerprint density at radius 1 is 0.976 bits per heavy atom. The van der Waals surface area contributed by atoms with Crippen LogP contribution < -0.4 is 19.1 Å². The first-order valence-electron chi connectivity index (χ1n) is 13.6. The molecule has 3 aromatic carbocycles. The maximum absolute atomic E-state index is 14.2. The molecular weight excluding hydrogens is 578 g/mol. The zero-order valence-electron chi connectivity index (χ0n) is 24.8. The highest BCUT2D eigenvalue weighted by Crippen LogP contribution is 2.32. The first-order valence-corrected chi connectivity index (χ1v) is 15.4. The minimum atomic E-state index is -4.23. The molecule has 226 valence electrons. The van der Waals surface area contributed by atoms with Crippen molar-refractivity contribution in [2.45, 2.75) is 57.6 Å². The zero-order valence-corrected chi connectivity index (χ0v) is 26.3. The molecule has 3 aromatic rings. The van der Waals surface area contributed by atoms with E-state index in [1.807, 2.05) is 26.8 Å². The van der Waals surface area contributed by atoms with Gasteiger partial charge in [-0.25, -0.2) is 8.42 Å². The van der Waals surface area contributed by atoms with Gasteiger partial charge in [0.15, 0.2) is 0 Å². The summed E-state index contributed by atoms with van der Waals surface area (Å²) in [6.45, 7) is 6.81. The van der Waals surface area contributed by atoms with Crippen molar-refractivity contribution in [1.29, 1.82) is 0 Å². The van der Waals surface area contributed by atoms with Crippen LogP contribution >= 0.6 is 11.6 Å². The van der Waals surface area contributed by atoms with Gasteiger partial charge in [0.25, 0.3) is 10.0 Å². The lowest BCUT2D eigenvalue weighted by molar-refractivity contribution is -0.140. The normalized spacial score (nSPS) is 12.0. The highest BCUT2D eigenvalue weighted by Gasteiger charge is 2.34. The number of sulfonamides is 1. The number of amides is 2. The molecule has 2 amide bonds. The number of carbonyl (C=O) groups is 2. The van der Waals surface area contributed by atoms with Gasteiger partial charge in [-0.3, -0.25) is 13.9 Å². The highest BCUT2D eigenvalue weighted by molar-refractivity contribution is 7.92. The van der Waals surface area contributed by atoms with E-state index in [2.05, 4.69) is 5.32 Å². The number of anilines is 1. The van der Waals surface area contributed by atoms with E-state index < -0.39 is 28.5 Å². The molecule has 0 saturated heterocycles. The Bertz CT molecular complexity index is 1490. The van der Waals surface area contributed by atoms with Crippen LogP contribution in [0.5, 0.6) is 11.5 Å². The average molecular weight is 616 g/mol. The Balaban J connectivity index is 2.11. The fraction of sp³-hybridized carbons (Fsp3) is 0.355. The SMILES string of the molecule is CC[C@@H](C(=O)NC(C)C)N(Cc1cccc(OC)c1)C(=O)CN(c1ccc(OC)c(Cl)c1)S(=O)(=O)c1ccc(C)cc1. The molecule has 0 saturated carbocycles. The lowest BCUT2D eigenvalue weighted by Gasteiger charge is -2.33. The van der Waals surface area contributed by atoms with E-state index in [9.17, 15) is 18.0 Å². The molecule has 0 aliphatic carbocycles. The van der Waals surface area contributed by atoms with Gasteiger partial charge in [-0.2, -0.15) is 0 Å². The van der Waals surface area contributed by atoms with Crippen LogP contribution in [0, 0.1) is 6.92 Å². The maximum atomic E-state index is 14.2. The monoisotopic (exact) mass is 615 g/mol. The summed E-state index contributed by atoms with van der Waals surface area (Å²) in [4.78, 5) is 28.9. The quantitative estimate of drug-likeness (QED) is 0.284. The van der Waals surface area contributed by atoms with Gasteiger partial charge in [0.2, 0.25) is 11.8 Å². The molecule has 42 heavy (non-hydrogen) atoms. The Morgan fingerprint density at radius 2 is 1.67 bits per heavy atom. The second kappa shape index (κ2) is 14.4. The molecular formula is C31H38ClN3O6S. The number of nitrogens with zero attached hydrogens (tertiary/aromatic N) is 2. The van der Waals surface area contributed by atoms with E-state index >= 15 is 0 Å². The molecule has 0 unspecified atom stereocenters. The topological polar surface area (TPSA) is 105 Å². The van der Waals surface area contributed by atoms with Crippen LogP contribution in [0.2, 0.25) is 5.02 Å². The number of hydrogen-bond acceptors (Lipinski definition) is 6. The van der Waals surface area contributed by atoms with E-state index in [0.29, 0.717) is 17.9 Å². The largest absolute Gasteiger partial charge is 0.497 e. The van der Waals surface area contributed by atoms with Gasteiger partial charge >= 0.3 is 0 Å². The molecule has 0 fully saturated rings. The summed E-state index contributed by atoms with van der Waals surface area (Å²) in [5, 5.41) is 3.07. The minimum absolute atomic E-state index is 0.0109. The number of ether oxygens (including phenoxy) is 2. The Hall–Kier alpha value is -3.76. The molecule has 0 spiro atoms. The Morgan fingerprint density at radius 3 is 2.24 bits per heavy atom. The van der Waals surface area contributed by atoms with Crippen molar-refractivity contribution in [3.05, 3.63) is 82.9 Å². The number of rotatable bonds is 13. The van der Waals surface area contributed by atoms with Gasteiger partial charge in [-0.05, 0) is 75.2 Å². The lowest BCUT2D eigenvalue weighted by atomic mass is 10.1. The fourth-order valence-corrected chi connectivity index (χ4v) is 6.10. The van der Waals surface area contributed by atoms with Gasteiger partial charge in [-0.1, -0.05) is 48.4 Å². The zero-order chi connectivity index (χ0) is 31.0. The minimum Gasteiger partial charge on any atom is -0.497 e. The van der Waals surface area contributed by atoms with Gasteiger partial charge in [-0.15, -0.1) is 0 Å². The van der Waals surface area contributed by atoms with E-state index in [4.69, 9.17) is 21.1 Å². The first-order chi connectivity index (χ1) is 19.9. The summed E-state index contributed by atoms with van der Waals surface area (Å²) in [5.74, 6) is 0.0573. The van der Waals surface area contributed by atoms with Crippen LogP contribution in [0.25, 0.3) is 0 Å². The van der Waals surface area contributed by atoms with Crippen LogP contribution in [0.15, 0.2) is 71.6 Å². The molecule has 9 nitrogen and oxygen atoms in total. The van der Waals surface area contributed by atoms with Gasteiger partial charge in [0.1, 0.15) is 24.1 Å². The predicted octanol–water partition coefficient (Wildman–Crippen LogP) is 5.19. The second-order valence-corrected chi connectivity index (χ2v) is 12.4. The number of aryl methyl sites for hydroxylation is 1. The maximum Gasteiger partial charge on any atom is 0.264 e. The summed E-state index contributed by atoms with van der Waals surface area (Å²) in [6, 6.07) is 17.0. The van der Waals surface area contributed by atoms with Gasteiger partial charge < -0.3 is 19.7 Å². The fourth-order valence-electron chi connectivity index (χ4n) is 4.44. The van der Waals surface area contributed by atoms with Crippen molar-refractivity contribution in [3.63, 3.8) is 0 Å². The molecule has 3 rings (SSSR count). The molecule has 0 aromatic heterocycles. The first kappa shape index (κ1) is 32.8. The number of nitrogens with one attached hydrogen (secondary N) is 1. The Labute approximate surface area is 253 Å². The predicted molar refractivity (Wildman–Crippen MR) is 165 cm³/mol. The molecule has 1 N–H and O–H groups in total. The van der Waals surface area contributed by atoms with E-state index in [1.54, 1.807) is 50.4 Å². The standard InChI is InChI=1S/C31H38ClN3O6S/c1-7-28(31(37)33-21(2)3)34(19-23-9-8-10-25(17-23)40-5)30(36)20-35(24-13-16-29(41-6)27(32)18-24)42(38,39)26-14-11-22(4)12-15-26/h8-18,21,28H,7,19-20H2,1-6H3,(H,33,37)/t28-/m0/s1. The third-order valence-corrected chi connectivity index (χ3v) is 8.70. The summed E-state index contributed by atoms with van der Waals surface area (Å²) in [5.41, 5.74) is 1.78. The third-order valence-electron chi connectivity index (χ3n) is 6.62. The molecule has 1 atom stereocenters. The second-order valence-electron chi connectivity index (χ2n) is 10.1. The van der Waals surface area contributed by atoms with Crippen molar-refractivity contribution < 1.29 is 27.5 Å². The molecule has 0 bridgehead atoms. The lowest BCUT2D eigenvalue weighted by Crippen LogP contribution is -2.53. The number of carbonyl (C=O) groups excluding carboxylic acids is 2. The summed E-state index contributed by atoms with van der Waals surface area (Å²) < 4.78 is 39.6. The van der Waals surface area contributed by atoms with E-state index in [0.717, 1.165) is 15.4 Å². The molecule has 0 radical (unpaired) electrons. The van der Waals surface area contributed by atoms with Crippen LogP contribution in [0.4, 0.5) is 5.69 Å². The molecule has 11 heteroatoms. The summed E-state index contributed by atoms with van der Waals surface area (Å²) in [7, 11) is -1.23. The van der Waals surface area contributed by atoms with Crippen molar-refractivity contribution in [3.8, 4) is 11.5 Å². The van der Waals surface area contributed by atoms with Gasteiger partial charge in [0, 0.05) is 12.6 Å². The number of halogens is 1. The van der Waals surface area contributed by atoms with E-state index in [-0.39, 0.29) is 34.1 Å². The smallest absolute Gasteiger partial charge is 0.264 e. The molecule has 0 aliphatic rings. The molecule has 0 heterocycles. The number of benzene rings is 3. The van der Waals surface area contributed by atoms with Crippen LogP contribution in [0.3, 0.4) is 0 Å². The van der Waals surface area contributed by atoms with E-state index in [1.165, 1.54) is 36.3 Å². The van der Waals surface area contributed by atoms with Crippen LogP contribution in [-0.4, -0.2) is 58.0 Å². The number of hydrogen-bond donors (Lipinski definition) is 1. The number of methoxy groups -OCH3 is 2. The summed E-state index contributed by atoms with van der Waals surface area (Å²) in [6.07, 6.45) is 0.313. The molecule has 0 aliphatic heterocycles. The third kappa shape index (κ3) is 7.95.